The first-order valence-corrected chi connectivity index (χ1v) is 6.39. The molecule has 2 heterocycles. The third-order valence-electron chi connectivity index (χ3n) is 3.85. The largest absolute Gasteiger partial charge is 0.478 e. The summed E-state index contributed by atoms with van der Waals surface area (Å²) in [6.45, 7) is 1.90. The maximum absolute atomic E-state index is 11.2. The topological polar surface area (TPSA) is 58.6 Å². The number of rotatable bonds is 3. The van der Waals surface area contributed by atoms with Crippen molar-refractivity contribution in [2.24, 2.45) is 0 Å². The van der Waals surface area contributed by atoms with Gasteiger partial charge in [-0.1, -0.05) is 11.6 Å². The minimum Gasteiger partial charge on any atom is -0.478 e. The minimum atomic E-state index is -0.884. The van der Waals surface area contributed by atoms with Crippen molar-refractivity contribution in [1.29, 1.82) is 0 Å². The number of aryl methyl sites for hydroxylation is 1. The Labute approximate surface area is 106 Å². The number of hydrogen-bond donors (Lipinski definition) is 2. The summed E-state index contributed by atoms with van der Waals surface area (Å²) in [5, 5.41) is 12.6. The van der Waals surface area contributed by atoms with E-state index in [1.807, 2.05) is 19.1 Å². The van der Waals surface area contributed by atoms with E-state index < -0.39 is 5.97 Å². The van der Waals surface area contributed by atoms with E-state index in [0.717, 1.165) is 24.8 Å². The quantitative estimate of drug-likeness (QED) is 0.861. The molecule has 0 radical (unpaired) electrons. The van der Waals surface area contributed by atoms with E-state index in [4.69, 9.17) is 4.74 Å². The Bertz CT molecular complexity index is 486. The van der Waals surface area contributed by atoms with Crippen molar-refractivity contribution < 1.29 is 14.6 Å². The van der Waals surface area contributed by atoms with Gasteiger partial charge in [-0.3, -0.25) is 0 Å². The summed E-state index contributed by atoms with van der Waals surface area (Å²) in [6.07, 6.45) is 3.82. The number of hydrogen-bond acceptors (Lipinski definition) is 3. The number of aromatic carboxylic acids is 1. The van der Waals surface area contributed by atoms with Gasteiger partial charge in [0, 0.05) is 5.69 Å². The molecule has 1 aromatic rings. The fourth-order valence-corrected chi connectivity index (χ4v) is 2.95. The molecule has 3 unspecified atom stereocenters. The molecule has 2 bridgehead atoms. The third-order valence-corrected chi connectivity index (χ3v) is 3.85. The lowest BCUT2D eigenvalue weighted by Gasteiger charge is -2.22. The molecule has 2 aliphatic rings. The molecule has 0 aliphatic carbocycles. The minimum absolute atomic E-state index is 0.248. The molecular weight excluding hydrogens is 230 g/mol. The van der Waals surface area contributed by atoms with Crippen molar-refractivity contribution in [3.8, 4) is 0 Å². The van der Waals surface area contributed by atoms with Crippen LogP contribution >= 0.6 is 0 Å². The van der Waals surface area contributed by atoms with Crippen LogP contribution in [0.1, 0.15) is 35.2 Å². The molecule has 96 valence electrons. The Morgan fingerprint density at radius 2 is 2.28 bits per heavy atom. The van der Waals surface area contributed by atoms with Gasteiger partial charge < -0.3 is 15.2 Å². The zero-order chi connectivity index (χ0) is 12.7. The maximum Gasteiger partial charge on any atom is 0.337 e. The highest BCUT2D eigenvalue weighted by molar-refractivity contribution is 5.94. The van der Waals surface area contributed by atoms with Gasteiger partial charge in [-0.25, -0.2) is 4.79 Å². The van der Waals surface area contributed by atoms with Crippen molar-refractivity contribution in [2.45, 2.75) is 44.4 Å². The van der Waals surface area contributed by atoms with Crippen molar-refractivity contribution in [3.05, 3.63) is 29.3 Å². The van der Waals surface area contributed by atoms with E-state index in [1.54, 1.807) is 6.07 Å². The second kappa shape index (κ2) is 4.28. The first-order valence-electron chi connectivity index (χ1n) is 6.39. The lowest BCUT2D eigenvalue weighted by atomic mass is 9.95. The molecule has 2 aliphatic heterocycles. The SMILES string of the molecule is Cc1ccc(NC2CC3CCC2O3)c(C(=O)O)c1. The summed E-state index contributed by atoms with van der Waals surface area (Å²) in [7, 11) is 0. The molecule has 0 spiro atoms. The number of benzene rings is 1. The van der Waals surface area contributed by atoms with E-state index >= 15 is 0 Å². The van der Waals surface area contributed by atoms with Crippen LogP contribution in [0.25, 0.3) is 0 Å². The van der Waals surface area contributed by atoms with Gasteiger partial charge in [-0.05, 0) is 38.3 Å². The summed E-state index contributed by atoms with van der Waals surface area (Å²) in [4.78, 5) is 11.2. The Hall–Kier alpha value is -1.55. The van der Waals surface area contributed by atoms with Crippen LogP contribution < -0.4 is 5.32 Å². The zero-order valence-electron chi connectivity index (χ0n) is 10.3. The number of carboxylic acid groups (broad SMARTS) is 1. The second-order valence-corrected chi connectivity index (χ2v) is 5.21. The lowest BCUT2D eigenvalue weighted by Crippen LogP contribution is -2.31. The van der Waals surface area contributed by atoms with Gasteiger partial charge in [-0.15, -0.1) is 0 Å². The highest BCUT2D eigenvalue weighted by Gasteiger charge is 2.40. The van der Waals surface area contributed by atoms with Crippen LogP contribution in [-0.4, -0.2) is 29.3 Å². The molecule has 0 amide bonds. The van der Waals surface area contributed by atoms with E-state index in [0.29, 0.717) is 17.4 Å². The van der Waals surface area contributed by atoms with E-state index in [-0.39, 0.29) is 12.1 Å². The molecule has 3 atom stereocenters. The summed E-state index contributed by atoms with van der Waals surface area (Å²) >= 11 is 0. The van der Waals surface area contributed by atoms with Gasteiger partial charge in [-0.2, -0.15) is 0 Å². The van der Waals surface area contributed by atoms with Crippen molar-refractivity contribution in [1.82, 2.24) is 0 Å². The first-order chi connectivity index (χ1) is 8.63. The lowest BCUT2D eigenvalue weighted by molar-refractivity contribution is 0.0697. The summed E-state index contributed by atoms with van der Waals surface area (Å²) in [6, 6.07) is 5.75. The molecule has 3 rings (SSSR count). The van der Waals surface area contributed by atoms with Gasteiger partial charge in [0.1, 0.15) is 0 Å². The molecule has 18 heavy (non-hydrogen) atoms. The van der Waals surface area contributed by atoms with Crippen LogP contribution in [0.2, 0.25) is 0 Å². The van der Waals surface area contributed by atoms with Crippen LogP contribution in [0.5, 0.6) is 0 Å². The van der Waals surface area contributed by atoms with Gasteiger partial charge >= 0.3 is 5.97 Å². The smallest absolute Gasteiger partial charge is 0.337 e. The van der Waals surface area contributed by atoms with Crippen molar-refractivity contribution in [3.63, 3.8) is 0 Å². The van der Waals surface area contributed by atoms with Crippen LogP contribution in [0.3, 0.4) is 0 Å². The fourth-order valence-electron chi connectivity index (χ4n) is 2.95. The average molecular weight is 247 g/mol. The molecular formula is C14H17NO3. The summed E-state index contributed by atoms with van der Waals surface area (Å²) in [5.74, 6) is -0.884. The van der Waals surface area contributed by atoms with Gasteiger partial charge in [0.15, 0.2) is 0 Å². The zero-order valence-corrected chi connectivity index (χ0v) is 10.3. The average Bonchev–Trinajstić information content (AvgIpc) is 2.93. The number of carbonyl (C=O) groups is 1. The number of ether oxygens (including phenoxy) is 1. The molecule has 4 nitrogen and oxygen atoms in total. The Balaban J connectivity index is 1.82. The standard InChI is InChI=1S/C14H17NO3/c1-8-2-4-11(10(6-8)14(16)17)15-12-7-9-3-5-13(12)18-9/h2,4,6,9,12-13,15H,3,5,7H2,1H3,(H,16,17). The molecule has 2 fully saturated rings. The summed E-state index contributed by atoms with van der Waals surface area (Å²) < 4.78 is 5.77. The highest BCUT2D eigenvalue weighted by atomic mass is 16.5. The molecule has 0 saturated carbocycles. The predicted octanol–water partition coefficient (Wildman–Crippen LogP) is 2.43. The first kappa shape index (κ1) is 11.5. The normalized spacial score (nSPS) is 29.5. The molecule has 2 saturated heterocycles. The number of carboxylic acids is 1. The highest BCUT2D eigenvalue weighted by Crippen LogP contribution is 2.36. The molecule has 1 aromatic carbocycles. The van der Waals surface area contributed by atoms with E-state index in [2.05, 4.69) is 5.32 Å². The fraction of sp³-hybridized carbons (Fsp3) is 0.500. The molecule has 4 heteroatoms. The monoisotopic (exact) mass is 247 g/mol. The van der Waals surface area contributed by atoms with E-state index in [1.165, 1.54) is 0 Å². The Kier molecular flexibility index (Phi) is 2.74. The van der Waals surface area contributed by atoms with Gasteiger partial charge in [0.05, 0.1) is 23.8 Å². The number of fused-ring (bicyclic) bond motifs is 2. The third kappa shape index (κ3) is 1.97. The predicted molar refractivity (Wildman–Crippen MR) is 68.1 cm³/mol. The Morgan fingerprint density at radius 1 is 1.44 bits per heavy atom. The van der Waals surface area contributed by atoms with Crippen LogP contribution in [0.4, 0.5) is 5.69 Å². The second-order valence-electron chi connectivity index (χ2n) is 5.21. The number of anilines is 1. The van der Waals surface area contributed by atoms with Crippen LogP contribution in [0.15, 0.2) is 18.2 Å². The molecule has 0 aromatic heterocycles. The van der Waals surface area contributed by atoms with Crippen LogP contribution in [0, 0.1) is 6.92 Å². The van der Waals surface area contributed by atoms with Crippen LogP contribution in [-0.2, 0) is 4.74 Å². The van der Waals surface area contributed by atoms with Crippen molar-refractivity contribution in [2.75, 3.05) is 5.32 Å². The van der Waals surface area contributed by atoms with E-state index in [9.17, 15) is 9.90 Å². The summed E-state index contributed by atoms with van der Waals surface area (Å²) in [5.41, 5.74) is 2.01. The van der Waals surface area contributed by atoms with Gasteiger partial charge in [0.2, 0.25) is 0 Å². The number of nitrogens with one attached hydrogen (secondary N) is 1. The Morgan fingerprint density at radius 3 is 2.89 bits per heavy atom. The van der Waals surface area contributed by atoms with Crippen molar-refractivity contribution >= 4 is 11.7 Å². The molecule has 2 N–H and O–H groups in total. The van der Waals surface area contributed by atoms with Gasteiger partial charge in [0.25, 0.3) is 0 Å². The maximum atomic E-state index is 11.2.